The Morgan fingerprint density at radius 1 is 1.00 bits per heavy atom. The third-order valence-electron chi connectivity index (χ3n) is 2.64. The molecule has 0 amide bonds. The Morgan fingerprint density at radius 2 is 1.65 bits per heavy atom. The van der Waals surface area contributed by atoms with E-state index in [1.807, 2.05) is 0 Å². The van der Waals surface area contributed by atoms with Crippen molar-refractivity contribution in [1.82, 2.24) is 5.32 Å². The van der Waals surface area contributed by atoms with Crippen LogP contribution in [-0.2, 0) is 0 Å². The minimum absolute atomic E-state index is 0.575. The fraction of sp³-hybridized carbons (Fsp3) is 0.929. The Balaban J connectivity index is 3.30. The molecular weight excluding hydrogens is 210 g/mol. The van der Waals surface area contributed by atoms with E-state index in [4.69, 9.17) is 5.73 Å². The van der Waals surface area contributed by atoms with Gasteiger partial charge in [0.25, 0.3) is 0 Å². The van der Waals surface area contributed by atoms with Crippen LogP contribution in [0.1, 0.15) is 59.8 Å². The third kappa shape index (κ3) is 13.2. The smallest absolute Gasteiger partial charge is 0.188 e. The predicted molar refractivity (Wildman–Crippen MR) is 77.3 cm³/mol. The fourth-order valence-corrected chi connectivity index (χ4v) is 1.58. The quantitative estimate of drug-likeness (QED) is 0.370. The lowest BCUT2D eigenvalue weighted by atomic mass is 10.0. The first-order valence-electron chi connectivity index (χ1n) is 7.06. The van der Waals surface area contributed by atoms with E-state index >= 15 is 0 Å². The monoisotopic (exact) mass is 241 g/mol. The molecule has 0 spiro atoms. The van der Waals surface area contributed by atoms with Gasteiger partial charge in [0.05, 0.1) is 0 Å². The zero-order valence-electron chi connectivity index (χ0n) is 12.1. The molecule has 0 saturated heterocycles. The second-order valence-electron chi connectivity index (χ2n) is 5.64. The maximum atomic E-state index is 5.74. The Hall–Kier alpha value is -0.730. The number of rotatable bonds is 9. The summed E-state index contributed by atoms with van der Waals surface area (Å²) >= 11 is 0. The van der Waals surface area contributed by atoms with E-state index in [9.17, 15) is 0 Å². The van der Waals surface area contributed by atoms with Gasteiger partial charge in [-0.1, -0.05) is 53.4 Å². The lowest BCUT2D eigenvalue weighted by Crippen LogP contribution is -2.32. The highest BCUT2D eigenvalue weighted by Crippen LogP contribution is 2.08. The topological polar surface area (TPSA) is 50.4 Å². The summed E-state index contributed by atoms with van der Waals surface area (Å²) in [7, 11) is 0. The number of hydrogen-bond donors (Lipinski definition) is 2. The molecule has 3 N–H and O–H groups in total. The lowest BCUT2D eigenvalue weighted by Gasteiger charge is -2.07. The molecule has 0 saturated carbocycles. The Labute approximate surface area is 107 Å². The molecule has 102 valence electrons. The van der Waals surface area contributed by atoms with Crippen LogP contribution >= 0.6 is 0 Å². The lowest BCUT2D eigenvalue weighted by molar-refractivity contribution is 0.519. The summed E-state index contributed by atoms with van der Waals surface area (Å²) in [6, 6.07) is 0. The second-order valence-corrected chi connectivity index (χ2v) is 5.64. The number of nitrogens with zero attached hydrogens (tertiary/aromatic N) is 1. The van der Waals surface area contributed by atoms with Gasteiger partial charge >= 0.3 is 0 Å². The van der Waals surface area contributed by atoms with Gasteiger partial charge in [0.15, 0.2) is 5.96 Å². The summed E-state index contributed by atoms with van der Waals surface area (Å²) < 4.78 is 0. The first kappa shape index (κ1) is 16.3. The Bertz CT molecular complexity index is 198. The van der Waals surface area contributed by atoms with Crippen molar-refractivity contribution in [1.29, 1.82) is 0 Å². The normalized spacial score (nSPS) is 12.5. The summed E-state index contributed by atoms with van der Waals surface area (Å²) in [6.45, 7) is 10.6. The molecule has 0 rings (SSSR count). The third-order valence-corrected chi connectivity index (χ3v) is 2.64. The maximum absolute atomic E-state index is 5.74. The average Bonchev–Trinajstić information content (AvgIpc) is 2.24. The van der Waals surface area contributed by atoms with E-state index in [1.54, 1.807) is 0 Å². The molecule has 0 bridgehead atoms. The predicted octanol–water partition coefficient (Wildman–Crippen LogP) is 3.15. The van der Waals surface area contributed by atoms with Gasteiger partial charge in [0.1, 0.15) is 0 Å². The number of nitrogens with two attached hydrogens (primary N) is 1. The van der Waals surface area contributed by atoms with Crippen LogP contribution in [0.3, 0.4) is 0 Å². The van der Waals surface area contributed by atoms with E-state index in [0.29, 0.717) is 11.9 Å². The van der Waals surface area contributed by atoms with Crippen LogP contribution in [0.2, 0.25) is 0 Å². The van der Waals surface area contributed by atoms with Gasteiger partial charge in [-0.15, -0.1) is 0 Å². The van der Waals surface area contributed by atoms with Crippen molar-refractivity contribution in [3.63, 3.8) is 0 Å². The highest BCUT2D eigenvalue weighted by Gasteiger charge is 1.96. The van der Waals surface area contributed by atoms with Crippen molar-refractivity contribution >= 4 is 5.96 Å². The van der Waals surface area contributed by atoms with Crippen molar-refractivity contribution < 1.29 is 0 Å². The van der Waals surface area contributed by atoms with Crippen LogP contribution < -0.4 is 11.1 Å². The van der Waals surface area contributed by atoms with Crippen LogP contribution in [0.15, 0.2) is 4.99 Å². The van der Waals surface area contributed by atoms with Crippen molar-refractivity contribution in [3.05, 3.63) is 0 Å². The van der Waals surface area contributed by atoms with Crippen LogP contribution in [0.4, 0.5) is 0 Å². The summed E-state index contributed by atoms with van der Waals surface area (Å²) in [4.78, 5) is 4.26. The second kappa shape index (κ2) is 10.4. The molecule has 0 atom stereocenters. The van der Waals surface area contributed by atoms with Crippen LogP contribution in [0.5, 0.6) is 0 Å². The summed E-state index contributed by atoms with van der Waals surface area (Å²) in [5, 5.41) is 3.17. The van der Waals surface area contributed by atoms with Gasteiger partial charge in [-0.3, -0.25) is 4.99 Å². The molecule has 0 radical (unpaired) electrons. The summed E-state index contributed by atoms with van der Waals surface area (Å²) in [5.74, 6) is 2.01. The number of unbranched alkanes of at least 4 members (excludes halogenated alkanes) is 3. The number of aliphatic imine (C=N–C) groups is 1. The summed E-state index contributed by atoms with van der Waals surface area (Å²) in [6.07, 6.45) is 6.52. The van der Waals surface area contributed by atoms with Crippen molar-refractivity contribution in [3.8, 4) is 0 Å². The molecule has 0 aliphatic carbocycles. The molecule has 0 heterocycles. The van der Waals surface area contributed by atoms with Crippen LogP contribution in [-0.4, -0.2) is 19.0 Å². The molecule has 0 fully saturated rings. The highest BCUT2D eigenvalue weighted by atomic mass is 15.1. The zero-order valence-corrected chi connectivity index (χ0v) is 12.1. The molecule has 3 heteroatoms. The van der Waals surface area contributed by atoms with Gasteiger partial charge in [-0.25, -0.2) is 0 Å². The standard InChI is InChI=1S/C14H31N3/c1-12(2)9-7-5-6-8-10-16-14(15)17-11-13(3)4/h12-13H,5-11H2,1-4H3,(H3,15,16,17). The number of guanidine groups is 1. The van der Waals surface area contributed by atoms with E-state index < -0.39 is 0 Å². The zero-order chi connectivity index (χ0) is 13.1. The molecule has 0 aromatic carbocycles. The Morgan fingerprint density at radius 3 is 2.24 bits per heavy atom. The van der Waals surface area contributed by atoms with E-state index in [-0.39, 0.29) is 0 Å². The van der Waals surface area contributed by atoms with Crippen LogP contribution in [0.25, 0.3) is 0 Å². The minimum Gasteiger partial charge on any atom is -0.370 e. The van der Waals surface area contributed by atoms with Gasteiger partial charge < -0.3 is 11.1 Å². The number of hydrogen-bond acceptors (Lipinski definition) is 1. The molecule has 0 aliphatic rings. The number of nitrogens with one attached hydrogen (secondary N) is 1. The SMILES string of the molecule is CC(C)CCCCCCNC(N)=NCC(C)C. The van der Waals surface area contributed by atoms with E-state index in [2.05, 4.69) is 38.0 Å². The molecule has 3 nitrogen and oxygen atoms in total. The van der Waals surface area contributed by atoms with Gasteiger partial charge in [-0.05, 0) is 18.3 Å². The summed E-state index contributed by atoms with van der Waals surface area (Å²) in [5.41, 5.74) is 5.74. The van der Waals surface area contributed by atoms with Gasteiger partial charge in [0, 0.05) is 13.1 Å². The molecule has 0 aromatic rings. The fourth-order valence-electron chi connectivity index (χ4n) is 1.58. The minimum atomic E-state index is 0.575. The largest absolute Gasteiger partial charge is 0.370 e. The van der Waals surface area contributed by atoms with Crippen molar-refractivity contribution in [2.45, 2.75) is 59.8 Å². The molecule has 0 aliphatic heterocycles. The van der Waals surface area contributed by atoms with Gasteiger partial charge in [0.2, 0.25) is 0 Å². The highest BCUT2D eigenvalue weighted by molar-refractivity contribution is 5.77. The van der Waals surface area contributed by atoms with Gasteiger partial charge in [-0.2, -0.15) is 0 Å². The Kier molecular flexibility index (Phi) is 9.98. The molecule has 0 unspecified atom stereocenters. The first-order chi connectivity index (χ1) is 8.02. The maximum Gasteiger partial charge on any atom is 0.188 e. The van der Waals surface area contributed by atoms with Crippen molar-refractivity contribution in [2.75, 3.05) is 13.1 Å². The van der Waals surface area contributed by atoms with E-state index in [0.717, 1.165) is 19.0 Å². The van der Waals surface area contributed by atoms with E-state index in [1.165, 1.54) is 32.1 Å². The first-order valence-corrected chi connectivity index (χ1v) is 7.06. The molecular formula is C14H31N3. The molecule has 0 aromatic heterocycles. The van der Waals surface area contributed by atoms with Crippen molar-refractivity contribution in [2.24, 2.45) is 22.6 Å². The average molecular weight is 241 g/mol. The van der Waals surface area contributed by atoms with Crippen LogP contribution in [0, 0.1) is 11.8 Å². The molecule has 17 heavy (non-hydrogen) atoms.